The number of aryl methyl sites for hydroxylation is 1. The summed E-state index contributed by atoms with van der Waals surface area (Å²) in [7, 11) is 0. The fourth-order valence-electron chi connectivity index (χ4n) is 14.0. The second kappa shape index (κ2) is 50.7. The van der Waals surface area contributed by atoms with Crippen LogP contribution in [0.4, 0.5) is 0 Å². The van der Waals surface area contributed by atoms with Gasteiger partial charge in [-0.1, -0.05) is 265 Å². The molecule has 11 heteroatoms. The number of aromatic nitrogens is 7. The normalized spacial score (nSPS) is 10.6. The molecule has 0 atom stereocenters. The summed E-state index contributed by atoms with van der Waals surface area (Å²) >= 11 is 0. The Kier molecular flexibility index (Phi) is 40.3. The standard InChI is InChI=1S/4C21H20N.C12H10N.2C11H8N.4Ir/c4*1-21(2,3)19-14-20(17-12-8-5-9-13-17)22-15-18(19)16-10-6-4-7-11-16;1-10-6-5-9-13-12(10)11-7-3-2-4-8-11;2*1-2-6-10(7-3-1)11-8-4-5-9-12-11;;;;/h4*4-12,14-15H,1-3H3;2-7,9H,1H3;2*1-6,8-9H;;;;/q7*-1;;;;. The van der Waals surface area contributed by atoms with Gasteiger partial charge in [-0.05, 0) is 131 Å². The van der Waals surface area contributed by atoms with Crippen LogP contribution in [0.2, 0.25) is 0 Å². The number of rotatable bonds is 11. The van der Waals surface area contributed by atoms with Crippen LogP contribution in [0, 0.1) is 49.4 Å². The molecule has 18 rings (SSSR count). The zero-order valence-electron chi connectivity index (χ0n) is 75.1. The predicted molar refractivity (Wildman–Crippen MR) is 521 cm³/mol. The van der Waals surface area contributed by atoms with Crippen molar-refractivity contribution in [2.24, 2.45) is 0 Å². The van der Waals surface area contributed by atoms with Crippen LogP contribution in [0.15, 0.2) is 407 Å². The Labute approximate surface area is 820 Å². The summed E-state index contributed by atoms with van der Waals surface area (Å²) in [5.74, 6) is 0. The number of hydrogen-bond donors (Lipinski definition) is 0. The van der Waals surface area contributed by atoms with Crippen molar-refractivity contribution in [3.8, 4) is 123 Å². The van der Waals surface area contributed by atoms with Crippen LogP contribution in [-0.4, -0.2) is 34.9 Å². The van der Waals surface area contributed by atoms with Gasteiger partial charge in [0.05, 0.1) is 0 Å². The number of pyridine rings is 7. The minimum atomic E-state index is 0. The minimum Gasteiger partial charge on any atom is -0.305 e. The summed E-state index contributed by atoms with van der Waals surface area (Å²) < 4.78 is 0. The minimum absolute atomic E-state index is 0. The van der Waals surface area contributed by atoms with Crippen LogP contribution in [0.3, 0.4) is 0 Å². The third-order valence-electron chi connectivity index (χ3n) is 20.4. The fourth-order valence-corrected chi connectivity index (χ4v) is 14.0. The predicted octanol–water partition coefficient (Wildman–Crippen LogP) is 30.0. The second-order valence-corrected chi connectivity index (χ2v) is 34.0. The van der Waals surface area contributed by atoms with E-state index < -0.39 is 0 Å². The summed E-state index contributed by atoms with van der Waals surface area (Å²) in [6.07, 6.45) is 13.4. The van der Waals surface area contributed by atoms with E-state index >= 15 is 0 Å². The van der Waals surface area contributed by atoms with Gasteiger partial charge in [0, 0.05) is 146 Å². The first kappa shape index (κ1) is 102. The first-order chi connectivity index (χ1) is 60.5. The van der Waals surface area contributed by atoms with Crippen LogP contribution in [0.1, 0.15) is 111 Å². The molecule has 656 valence electrons. The number of nitrogens with zero attached hydrogens (tertiary/aromatic N) is 7. The van der Waals surface area contributed by atoms with E-state index in [0.717, 1.165) is 78.8 Å². The molecular formula is C118H106Ir4N7-7. The van der Waals surface area contributed by atoms with Crippen molar-refractivity contribution >= 4 is 0 Å². The van der Waals surface area contributed by atoms with E-state index in [1.54, 1.807) is 12.4 Å². The molecule has 0 saturated heterocycles. The first-order valence-electron chi connectivity index (χ1n) is 42.3. The molecule has 7 nitrogen and oxygen atoms in total. The van der Waals surface area contributed by atoms with Gasteiger partial charge in [-0.15, -0.1) is 251 Å². The molecule has 0 aliphatic heterocycles. The molecule has 0 N–H and O–H groups in total. The Morgan fingerprint density at radius 3 is 0.605 bits per heavy atom. The second-order valence-electron chi connectivity index (χ2n) is 34.0. The van der Waals surface area contributed by atoms with E-state index in [4.69, 9.17) is 0 Å². The maximum atomic E-state index is 4.67. The van der Waals surface area contributed by atoms with E-state index in [1.165, 1.54) is 72.3 Å². The molecule has 18 aromatic rings. The van der Waals surface area contributed by atoms with Crippen molar-refractivity contribution in [3.63, 3.8) is 0 Å². The number of benzene rings is 11. The van der Waals surface area contributed by atoms with Crippen LogP contribution in [0.25, 0.3) is 123 Å². The topological polar surface area (TPSA) is 90.2 Å². The van der Waals surface area contributed by atoms with Gasteiger partial charge in [0.25, 0.3) is 0 Å². The molecule has 0 unspecified atom stereocenters. The SMILES string of the molecule is CC(C)(C)c1cc(-c2[c-]cccc2)ncc1-c1ccccc1.CC(C)(C)c1cc(-c2[c-]cccc2)ncc1-c1ccccc1.CC(C)(C)c1cc(-c2[c-]cccc2)ncc1-c1ccccc1.CC(C)(C)c1cc(-c2[c-]cccc2)ncc1-c1ccccc1.Cc1cccnc1-c1[c-]cccc1.[Ir].[Ir].[Ir].[Ir].[c-]1ccccc1-c1ccccn1.[c-]1ccccc1-c1ccccn1. The quantitative estimate of drug-likeness (QED) is 0.119. The summed E-state index contributed by atoms with van der Waals surface area (Å²) in [5, 5.41) is 0. The summed E-state index contributed by atoms with van der Waals surface area (Å²) in [5.41, 5.74) is 30.4. The van der Waals surface area contributed by atoms with Crippen molar-refractivity contribution in [2.75, 3.05) is 0 Å². The largest absolute Gasteiger partial charge is 0.305 e. The maximum absolute atomic E-state index is 4.67. The van der Waals surface area contributed by atoms with Gasteiger partial charge >= 0.3 is 0 Å². The van der Waals surface area contributed by atoms with E-state index in [9.17, 15) is 0 Å². The molecule has 11 aromatic carbocycles. The van der Waals surface area contributed by atoms with Crippen molar-refractivity contribution < 1.29 is 80.4 Å². The van der Waals surface area contributed by atoms with E-state index in [2.05, 4.69) is 319 Å². The van der Waals surface area contributed by atoms with Crippen LogP contribution < -0.4 is 0 Å². The molecule has 0 bridgehead atoms. The van der Waals surface area contributed by atoms with Gasteiger partial charge < -0.3 is 34.9 Å². The summed E-state index contributed by atoms with van der Waals surface area (Å²) in [4.78, 5) is 31.4. The van der Waals surface area contributed by atoms with Gasteiger partial charge in [-0.2, -0.15) is 0 Å². The Balaban J connectivity index is 0.000000187. The van der Waals surface area contributed by atoms with Crippen LogP contribution >= 0.6 is 0 Å². The van der Waals surface area contributed by atoms with Crippen LogP contribution in [-0.2, 0) is 102 Å². The molecular weight excluding hydrogens is 2280 g/mol. The zero-order chi connectivity index (χ0) is 87.9. The molecule has 0 aliphatic rings. The van der Waals surface area contributed by atoms with E-state index in [-0.39, 0.29) is 102 Å². The molecule has 0 aliphatic carbocycles. The molecule has 0 amide bonds. The number of hydrogen-bond acceptors (Lipinski definition) is 7. The first-order valence-corrected chi connectivity index (χ1v) is 42.3. The van der Waals surface area contributed by atoms with Gasteiger partial charge in [0.1, 0.15) is 0 Å². The van der Waals surface area contributed by atoms with Crippen molar-refractivity contribution in [3.05, 3.63) is 478 Å². The van der Waals surface area contributed by atoms with E-state index in [1.807, 2.05) is 243 Å². The molecule has 129 heavy (non-hydrogen) atoms. The van der Waals surface area contributed by atoms with Crippen molar-refractivity contribution in [2.45, 2.75) is 112 Å². The third-order valence-corrected chi connectivity index (χ3v) is 20.4. The molecule has 4 radical (unpaired) electrons. The van der Waals surface area contributed by atoms with Crippen LogP contribution in [0.5, 0.6) is 0 Å². The van der Waals surface area contributed by atoms with Gasteiger partial charge in [0.15, 0.2) is 0 Å². The van der Waals surface area contributed by atoms with Crippen molar-refractivity contribution in [1.29, 1.82) is 0 Å². The molecule has 0 spiro atoms. The van der Waals surface area contributed by atoms with Gasteiger partial charge in [-0.25, -0.2) is 0 Å². The molecule has 7 aromatic heterocycles. The maximum Gasteiger partial charge on any atom is 0.0242 e. The Hall–Kier alpha value is -11.9. The average molecular weight is 2390 g/mol. The monoisotopic (exact) mass is 2390 g/mol. The Morgan fingerprint density at radius 1 is 0.194 bits per heavy atom. The van der Waals surface area contributed by atoms with E-state index in [0.29, 0.717) is 0 Å². The zero-order valence-corrected chi connectivity index (χ0v) is 84.7. The smallest absolute Gasteiger partial charge is 0.0242 e. The van der Waals surface area contributed by atoms with Crippen molar-refractivity contribution in [1.82, 2.24) is 34.9 Å². The Morgan fingerprint density at radius 2 is 0.403 bits per heavy atom. The average Bonchev–Trinajstić information content (AvgIpc) is 0.802. The van der Waals surface area contributed by atoms with Gasteiger partial charge in [0.2, 0.25) is 0 Å². The summed E-state index contributed by atoms with van der Waals surface area (Å²) in [6.45, 7) is 29.0. The van der Waals surface area contributed by atoms with Gasteiger partial charge in [-0.3, -0.25) is 0 Å². The fraction of sp³-hybridized carbons (Fsp3) is 0.144. The molecule has 7 heterocycles. The molecule has 0 fully saturated rings. The third kappa shape index (κ3) is 30.4. The molecule has 0 saturated carbocycles. The Bertz CT molecular complexity index is 5550. The summed E-state index contributed by atoms with van der Waals surface area (Å²) in [6, 6.07) is 144.